The Bertz CT molecular complexity index is 561. The molecule has 1 aromatic rings. The van der Waals surface area contributed by atoms with Gasteiger partial charge in [0.15, 0.2) is 0 Å². The number of carbonyl (C=O) groups is 1. The van der Waals surface area contributed by atoms with Crippen molar-refractivity contribution in [2.45, 2.75) is 19.3 Å². The Morgan fingerprint density at radius 2 is 2.26 bits per heavy atom. The summed E-state index contributed by atoms with van der Waals surface area (Å²) in [6.45, 7) is 1.24. The van der Waals surface area contributed by atoms with Crippen LogP contribution in [0, 0.1) is 5.92 Å². The maximum Gasteiger partial charge on any atom is 0.325 e. The molecule has 0 radical (unpaired) electrons. The summed E-state index contributed by atoms with van der Waals surface area (Å²) >= 11 is 0. The zero-order valence-electron chi connectivity index (χ0n) is 10.5. The summed E-state index contributed by atoms with van der Waals surface area (Å²) in [4.78, 5) is 40.6. The Hall–Kier alpha value is -1.89. The van der Waals surface area contributed by atoms with E-state index in [2.05, 4.69) is 4.98 Å². The van der Waals surface area contributed by atoms with Crippen LogP contribution < -0.4 is 11.2 Å². The van der Waals surface area contributed by atoms with Gasteiger partial charge in [-0.15, -0.1) is 0 Å². The average Bonchev–Trinajstić information content (AvgIpc) is 2.39. The van der Waals surface area contributed by atoms with E-state index in [0.717, 1.165) is 19.0 Å². The van der Waals surface area contributed by atoms with Gasteiger partial charge >= 0.3 is 5.69 Å². The first kappa shape index (κ1) is 13.5. The standard InChI is InChI=1S/C12H17N3O4/c16-5-3-8-2-1-4-15(7-8)11(18)9-6-13-12(19)14-10(9)17/h6,8,16H,1-5,7H2,(H2,13,14,17,19). The summed E-state index contributed by atoms with van der Waals surface area (Å²) in [5.41, 5.74) is -1.35. The van der Waals surface area contributed by atoms with Gasteiger partial charge < -0.3 is 15.0 Å². The first-order chi connectivity index (χ1) is 9.11. The minimum atomic E-state index is -0.668. The maximum absolute atomic E-state index is 12.2. The average molecular weight is 267 g/mol. The number of aromatic nitrogens is 2. The molecule has 1 unspecified atom stereocenters. The number of nitrogens with zero attached hydrogens (tertiary/aromatic N) is 1. The minimum absolute atomic E-state index is 0.0516. The number of hydrogen-bond acceptors (Lipinski definition) is 4. The summed E-state index contributed by atoms with van der Waals surface area (Å²) < 4.78 is 0. The fourth-order valence-corrected chi connectivity index (χ4v) is 2.41. The van der Waals surface area contributed by atoms with E-state index >= 15 is 0 Å². The summed E-state index contributed by atoms with van der Waals surface area (Å²) in [6, 6.07) is 0. The molecule has 1 fully saturated rings. The van der Waals surface area contributed by atoms with E-state index < -0.39 is 11.2 Å². The molecule has 0 aromatic carbocycles. The summed E-state index contributed by atoms with van der Waals surface area (Å²) in [5, 5.41) is 8.94. The predicted octanol–water partition coefficient (Wildman–Crippen LogP) is -0.702. The van der Waals surface area contributed by atoms with Gasteiger partial charge in [-0.25, -0.2) is 4.79 Å². The van der Waals surface area contributed by atoms with Crippen molar-refractivity contribution in [1.82, 2.24) is 14.9 Å². The second-order valence-electron chi connectivity index (χ2n) is 4.76. The molecule has 0 spiro atoms. The number of rotatable bonds is 3. The Morgan fingerprint density at radius 1 is 1.47 bits per heavy atom. The van der Waals surface area contributed by atoms with Crippen LogP contribution in [0.1, 0.15) is 29.6 Å². The van der Waals surface area contributed by atoms with Gasteiger partial charge in [-0.2, -0.15) is 0 Å². The normalized spacial score (nSPS) is 19.4. The third-order valence-electron chi connectivity index (χ3n) is 3.39. The molecular weight excluding hydrogens is 250 g/mol. The zero-order valence-corrected chi connectivity index (χ0v) is 10.5. The van der Waals surface area contributed by atoms with Crippen LogP contribution >= 0.6 is 0 Å². The van der Waals surface area contributed by atoms with Crippen LogP contribution in [0.5, 0.6) is 0 Å². The van der Waals surface area contributed by atoms with E-state index in [0.29, 0.717) is 19.5 Å². The number of aliphatic hydroxyl groups excluding tert-OH is 1. The largest absolute Gasteiger partial charge is 0.396 e. The molecule has 1 aliphatic rings. The number of amides is 1. The summed E-state index contributed by atoms with van der Waals surface area (Å²) in [6.07, 6.45) is 3.65. The molecule has 0 saturated carbocycles. The van der Waals surface area contributed by atoms with Crippen molar-refractivity contribution in [1.29, 1.82) is 0 Å². The molecule has 1 atom stereocenters. The Morgan fingerprint density at radius 3 is 2.95 bits per heavy atom. The van der Waals surface area contributed by atoms with Crippen molar-refractivity contribution in [3.63, 3.8) is 0 Å². The molecule has 1 aliphatic heterocycles. The van der Waals surface area contributed by atoms with Gasteiger partial charge in [-0.05, 0) is 25.2 Å². The number of aromatic amines is 2. The summed E-state index contributed by atoms with van der Waals surface area (Å²) in [7, 11) is 0. The van der Waals surface area contributed by atoms with E-state index in [1.165, 1.54) is 0 Å². The third kappa shape index (κ3) is 3.11. The van der Waals surface area contributed by atoms with Crippen molar-refractivity contribution in [2.75, 3.05) is 19.7 Å². The lowest BCUT2D eigenvalue weighted by molar-refractivity contribution is 0.0651. The first-order valence-corrected chi connectivity index (χ1v) is 6.34. The SMILES string of the molecule is O=C(c1c[nH]c(=O)[nH]c1=O)N1CCCC(CCO)C1. The molecule has 3 N–H and O–H groups in total. The van der Waals surface area contributed by atoms with E-state index in [1.807, 2.05) is 4.98 Å². The van der Waals surface area contributed by atoms with Crippen LogP contribution in [0.15, 0.2) is 15.8 Å². The molecular formula is C12H17N3O4. The number of piperidine rings is 1. The minimum Gasteiger partial charge on any atom is -0.396 e. The highest BCUT2D eigenvalue weighted by Crippen LogP contribution is 2.20. The lowest BCUT2D eigenvalue weighted by Crippen LogP contribution is -2.42. The van der Waals surface area contributed by atoms with Crippen molar-refractivity contribution < 1.29 is 9.90 Å². The van der Waals surface area contributed by atoms with E-state index in [4.69, 9.17) is 5.11 Å². The Kier molecular flexibility index (Phi) is 4.16. The molecule has 1 amide bonds. The van der Waals surface area contributed by atoms with E-state index in [9.17, 15) is 14.4 Å². The fraction of sp³-hybridized carbons (Fsp3) is 0.583. The molecule has 7 heteroatoms. The first-order valence-electron chi connectivity index (χ1n) is 6.34. The second-order valence-corrected chi connectivity index (χ2v) is 4.76. The number of carbonyl (C=O) groups excluding carboxylic acids is 1. The second kappa shape index (κ2) is 5.83. The van der Waals surface area contributed by atoms with Gasteiger partial charge in [0.1, 0.15) is 5.56 Å². The molecule has 1 saturated heterocycles. The van der Waals surface area contributed by atoms with Crippen molar-refractivity contribution in [3.05, 3.63) is 32.6 Å². The van der Waals surface area contributed by atoms with Crippen LogP contribution in [0.25, 0.3) is 0 Å². The number of hydrogen-bond donors (Lipinski definition) is 3. The van der Waals surface area contributed by atoms with Crippen LogP contribution in [0.2, 0.25) is 0 Å². The van der Waals surface area contributed by atoms with Gasteiger partial charge in [0.05, 0.1) is 0 Å². The smallest absolute Gasteiger partial charge is 0.325 e. The summed E-state index contributed by atoms with van der Waals surface area (Å²) in [5.74, 6) is -0.107. The van der Waals surface area contributed by atoms with Crippen LogP contribution in [-0.2, 0) is 0 Å². The van der Waals surface area contributed by atoms with Crippen molar-refractivity contribution in [3.8, 4) is 0 Å². The Labute approximate surface area is 109 Å². The van der Waals surface area contributed by atoms with Crippen LogP contribution in [0.3, 0.4) is 0 Å². The topological polar surface area (TPSA) is 106 Å². The third-order valence-corrected chi connectivity index (χ3v) is 3.39. The zero-order chi connectivity index (χ0) is 13.8. The van der Waals surface area contributed by atoms with Gasteiger partial charge in [-0.3, -0.25) is 14.6 Å². The maximum atomic E-state index is 12.2. The highest BCUT2D eigenvalue weighted by atomic mass is 16.3. The molecule has 19 heavy (non-hydrogen) atoms. The number of H-pyrrole nitrogens is 2. The molecule has 1 aromatic heterocycles. The predicted molar refractivity (Wildman–Crippen MR) is 68.0 cm³/mol. The number of aliphatic hydroxyl groups is 1. The molecule has 0 bridgehead atoms. The van der Waals surface area contributed by atoms with Gasteiger partial charge in [0, 0.05) is 25.9 Å². The molecule has 0 aliphatic carbocycles. The lowest BCUT2D eigenvalue weighted by atomic mass is 9.95. The highest BCUT2D eigenvalue weighted by Gasteiger charge is 2.25. The van der Waals surface area contributed by atoms with Crippen molar-refractivity contribution >= 4 is 5.91 Å². The van der Waals surface area contributed by atoms with Gasteiger partial charge in [0.25, 0.3) is 11.5 Å². The highest BCUT2D eigenvalue weighted by molar-refractivity contribution is 5.93. The number of likely N-dealkylation sites (tertiary alicyclic amines) is 1. The van der Waals surface area contributed by atoms with Gasteiger partial charge in [0.2, 0.25) is 0 Å². The molecule has 7 nitrogen and oxygen atoms in total. The molecule has 104 valence electrons. The monoisotopic (exact) mass is 267 g/mol. The van der Waals surface area contributed by atoms with Crippen molar-refractivity contribution in [2.24, 2.45) is 5.92 Å². The van der Waals surface area contributed by atoms with Crippen LogP contribution in [-0.4, -0.2) is 45.6 Å². The van der Waals surface area contributed by atoms with Crippen LogP contribution in [0.4, 0.5) is 0 Å². The van der Waals surface area contributed by atoms with Gasteiger partial charge in [-0.1, -0.05) is 0 Å². The molecule has 2 heterocycles. The molecule has 2 rings (SSSR count). The van der Waals surface area contributed by atoms with E-state index in [-0.39, 0.29) is 24.0 Å². The Balaban J connectivity index is 2.14. The van der Waals surface area contributed by atoms with E-state index in [1.54, 1.807) is 4.90 Å². The number of nitrogens with one attached hydrogen (secondary N) is 2. The quantitative estimate of drug-likeness (QED) is 0.673. The fourth-order valence-electron chi connectivity index (χ4n) is 2.41. The lowest BCUT2D eigenvalue weighted by Gasteiger charge is -2.32.